The number of halogens is 2. The molecule has 1 amide bonds. The lowest BCUT2D eigenvalue weighted by Gasteiger charge is -2.17. The van der Waals surface area contributed by atoms with E-state index >= 15 is 0 Å². The van der Waals surface area contributed by atoms with Crippen molar-refractivity contribution in [3.05, 3.63) is 33.3 Å². The van der Waals surface area contributed by atoms with Crippen LogP contribution in [0.4, 0.5) is 0 Å². The molecule has 1 aromatic rings. The van der Waals surface area contributed by atoms with Crippen LogP contribution in [0.1, 0.15) is 36.5 Å². The molecule has 0 spiro atoms. The lowest BCUT2D eigenvalue weighted by Crippen LogP contribution is -2.40. The summed E-state index contributed by atoms with van der Waals surface area (Å²) in [5.41, 5.74) is 6.23. The topological polar surface area (TPSA) is 55.1 Å². The molecule has 1 unspecified atom stereocenters. The first-order valence-electron chi connectivity index (χ1n) is 6.04. The van der Waals surface area contributed by atoms with E-state index in [1.807, 2.05) is 0 Å². The molecule has 1 aromatic carbocycles. The maximum atomic E-state index is 12.1. The summed E-state index contributed by atoms with van der Waals surface area (Å²) in [5.74, 6) is -0.120. The number of hydrogen-bond acceptors (Lipinski definition) is 2. The van der Waals surface area contributed by atoms with Gasteiger partial charge in [-0.1, -0.05) is 31.4 Å². The van der Waals surface area contributed by atoms with E-state index < -0.39 is 0 Å². The summed E-state index contributed by atoms with van der Waals surface area (Å²) in [6.45, 7) is 2.57. The molecule has 3 N–H and O–H groups in total. The minimum Gasteiger partial charge on any atom is -0.348 e. The maximum absolute atomic E-state index is 12.1. The van der Waals surface area contributed by atoms with E-state index in [1.54, 1.807) is 18.2 Å². The third-order valence-corrected chi connectivity index (χ3v) is 3.59. The average Bonchev–Trinajstić information content (AvgIpc) is 2.34. The minimum atomic E-state index is -0.120. The Balaban J connectivity index is 2.68. The number of rotatable bonds is 6. The molecular formula is C13H18BrClN2O. The first-order valence-corrected chi connectivity index (χ1v) is 7.21. The molecular weight excluding hydrogens is 316 g/mol. The zero-order chi connectivity index (χ0) is 13.5. The van der Waals surface area contributed by atoms with Crippen molar-refractivity contribution in [1.82, 2.24) is 5.32 Å². The van der Waals surface area contributed by atoms with E-state index in [4.69, 9.17) is 17.3 Å². The van der Waals surface area contributed by atoms with Gasteiger partial charge in [-0.15, -0.1) is 0 Å². The van der Waals surface area contributed by atoms with Gasteiger partial charge in [0.2, 0.25) is 0 Å². The first-order chi connectivity index (χ1) is 8.58. The molecule has 1 rings (SSSR count). The number of amides is 1. The Bertz CT molecular complexity index is 412. The van der Waals surface area contributed by atoms with Crippen molar-refractivity contribution in [1.29, 1.82) is 0 Å². The summed E-state index contributed by atoms with van der Waals surface area (Å²) in [6.07, 6.45) is 3.06. The van der Waals surface area contributed by atoms with Crippen LogP contribution in [-0.2, 0) is 0 Å². The van der Waals surface area contributed by atoms with Gasteiger partial charge in [-0.25, -0.2) is 0 Å². The summed E-state index contributed by atoms with van der Waals surface area (Å²) in [7, 11) is 0. The highest BCUT2D eigenvalue weighted by Crippen LogP contribution is 2.21. The second-order valence-corrected chi connectivity index (χ2v) is 5.46. The third-order valence-electron chi connectivity index (χ3n) is 2.70. The summed E-state index contributed by atoms with van der Waals surface area (Å²) in [6, 6.07) is 5.14. The van der Waals surface area contributed by atoms with Crippen LogP contribution in [0.15, 0.2) is 22.7 Å². The average molecular weight is 334 g/mol. The highest BCUT2D eigenvalue weighted by Gasteiger charge is 2.14. The van der Waals surface area contributed by atoms with Crippen LogP contribution in [-0.4, -0.2) is 18.5 Å². The standard InChI is InChI=1S/C13H18BrClN2O/c1-2-3-4-10(8-16)17-13(18)11-6-5-9(15)7-12(11)14/h5-7,10H,2-4,8,16H2,1H3,(H,17,18). The van der Waals surface area contributed by atoms with Gasteiger partial charge in [0.1, 0.15) is 0 Å². The SMILES string of the molecule is CCCCC(CN)NC(=O)c1ccc(Cl)cc1Br. The molecule has 0 aliphatic heterocycles. The van der Waals surface area contributed by atoms with E-state index in [-0.39, 0.29) is 11.9 Å². The highest BCUT2D eigenvalue weighted by molar-refractivity contribution is 9.10. The summed E-state index contributed by atoms with van der Waals surface area (Å²) >= 11 is 9.18. The molecule has 5 heteroatoms. The minimum absolute atomic E-state index is 0.0278. The van der Waals surface area contributed by atoms with Gasteiger partial charge in [0.25, 0.3) is 5.91 Å². The second kappa shape index (κ2) is 7.77. The lowest BCUT2D eigenvalue weighted by molar-refractivity contribution is 0.0935. The van der Waals surface area contributed by atoms with Gasteiger partial charge in [-0.2, -0.15) is 0 Å². The third kappa shape index (κ3) is 4.59. The second-order valence-electron chi connectivity index (χ2n) is 4.17. The van der Waals surface area contributed by atoms with Crippen LogP contribution in [0.3, 0.4) is 0 Å². The zero-order valence-corrected chi connectivity index (χ0v) is 12.7. The number of nitrogens with two attached hydrogens (primary N) is 1. The van der Waals surface area contributed by atoms with Gasteiger partial charge in [0.05, 0.1) is 5.56 Å². The Kier molecular flexibility index (Phi) is 6.68. The van der Waals surface area contributed by atoms with E-state index in [9.17, 15) is 4.79 Å². The highest BCUT2D eigenvalue weighted by atomic mass is 79.9. The van der Waals surface area contributed by atoms with E-state index in [2.05, 4.69) is 28.2 Å². The molecule has 0 saturated carbocycles. The van der Waals surface area contributed by atoms with E-state index in [0.717, 1.165) is 19.3 Å². The molecule has 0 saturated heterocycles. The number of carbonyl (C=O) groups excluding carboxylic acids is 1. The van der Waals surface area contributed by atoms with Gasteiger partial charge >= 0.3 is 0 Å². The molecule has 18 heavy (non-hydrogen) atoms. The molecule has 0 aliphatic carbocycles. The monoisotopic (exact) mass is 332 g/mol. The summed E-state index contributed by atoms with van der Waals surface area (Å²) < 4.78 is 0.693. The van der Waals surface area contributed by atoms with Crippen LogP contribution >= 0.6 is 27.5 Å². The molecule has 0 bridgehead atoms. The zero-order valence-electron chi connectivity index (χ0n) is 10.4. The largest absolute Gasteiger partial charge is 0.348 e. The number of hydrogen-bond donors (Lipinski definition) is 2. The molecule has 100 valence electrons. The number of nitrogens with one attached hydrogen (secondary N) is 1. The van der Waals surface area contributed by atoms with E-state index in [0.29, 0.717) is 21.6 Å². The Morgan fingerprint density at radius 1 is 1.56 bits per heavy atom. The van der Waals surface area contributed by atoms with Gasteiger partial charge in [0.15, 0.2) is 0 Å². The Labute approximate surface area is 121 Å². The molecule has 0 fully saturated rings. The van der Waals surface area contributed by atoms with Crippen molar-refractivity contribution in [2.45, 2.75) is 32.2 Å². The fourth-order valence-corrected chi connectivity index (χ4v) is 2.50. The van der Waals surface area contributed by atoms with Gasteiger partial charge < -0.3 is 11.1 Å². The van der Waals surface area contributed by atoms with Crippen LogP contribution in [0.5, 0.6) is 0 Å². The number of benzene rings is 1. The molecule has 0 radical (unpaired) electrons. The van der Waals surface area contributed by atoms with Crippen LogP contribution in [0, 0.1) is 0 Å². The predicted octanol–water partition coefficient (Wildman–Crippen LogP) is 3.35. The summed E-state index contributed by atoms with van der Waals surface area (Å²) in [5, 5.41) is 3.54. The Morgan fingerprint density at radius 2 is 2.28 bits per heavy atom. The van der Waals surface area contributed by atoms with Gasteiger partial charge in [0, 0.05) is 22.1 Å². The Morgan fingerprint density at radius 3 is 2.83 bits per heavy atom. The van der Waals surface area contributed by atoms with Crippen molar-refractivity contribution < 1.29 is 4.79 Å². The predicted molar refractivity (Wildman–Crippen MR) is 79.0 cm³/mol. The first kappa shape index (κ1) is 15.5. The molecule has 1 atom stereocenters. The molecule has 0 heterocycles. The fraction of sp³-hybridized carbons (Fsp3) is 0.462. The normalized spacial score (nSPS) is 12.2. The summed E-state index contributed by atoms with van der Waals surface area (Å²) in [4.78, 5) is 12.1. The Hall–Kier alpha value is -0.580. The molecule has 3 nitrogen and oxygen atoms in total. The maximum Gasteiger partial charge on any atom is 0.252 e. The quantitative estimate of drug-likeness (QED) is 0.839. The van der Waals surface area contributed by atoms with Gasteiger partial charge in [-0.3, -0.25) is 4.79 Å². The molecule has 0 aromatic heterocycles. The van der Waals surface area contributed by atoms with Gasteiger partial charge in [-0.05, 0) is 40.5 Å². The van der Waals surface area contributed by atoms with Crippen LogP contribution in [0.2, 0.25) is 5.02 Å². The van der Waals surface area contributed by atoms with E-state index in [1.165, 1.54) is 0 Å². The fourth-order valence-electron chi connectivity index (χ4n) is 1.64. The number of unbranched alkanes of at least 4 members (excludes halogenated alkanes) is 1. The van der Waals surface area contributed by atoms with Crippen molar-refractivity contribution in [2.24, 2.45) is 5.73 Å². The smallest absolute Gasteiger partial charge is 0.252 e. The van der Waals surface area contributed by atoms with Crippen molar-refractivity contribution >= 4 is 33.4 Å². The van der Waals surface area contributed by atoms with Crippen LogP contribution < -0.4 is 11.1 Å². The number of carbonyl (C=O) groups is 1. The van der Waals surface area contributed by atoms with Crippen molar-refractivity contribution in [3.63, 3.8) is 0 Å². The van der Waals surface area contributed by atoms with Crippen molar-refractivity contribution in [2.75, 3.05) is 6.54 Å². The van der Waals surface area contributed by atoms with Crippen molar-refractivity contribution in [3.8, 4) is 0 Å². The lowest BCUT2D eigenvalue weighted by atomic mass is 10.1. The van der Waals surface area contributed by atoms with Crippen LogP contribution in [0.25, 0.3) is 0 Å². The molecule has 0 aliphatic rings.